The number of sulfonamides is 1. The first-order valence-electron chi connectivity index (χ1n) is 8.98. The largest absolute Gasteiger partial charge is 0.496 e. The Hall–Kier alpha value is -1.64. The molecule has 0 spiro atoms. The van der Waals surface area contributed by atoms with E-state index in [-0.39, 0.29) is 16.4 Å². The minimum atomic E-state index is -3.88. The van der Waals surface area contributed by atoms with Gasteiger partial charge in [0.15, 0.2) is 0 Å². The van der Waals surface area contributed by atoms with Crippen LogP contribution in [0.4, 0.5) is 0 Å². The zero-order valence-corrected chi connectivity index (χ0v) is 17.2. The highest BCUT2D eigenvalue weighted by Gasteiger charge is 2.27. The van der Waals surface area contributed by atoms with Crippen LogP contribution in [0.2, 0.25) is 0 Å². The van der Waals surface area contributed by atoms with Crippen LogP contribution in [0, 0.1) is 0 Å². The first kappa shape index (κ1) is 22.4. The number of rotatable bonds is 6. The molecule has 1 atom stereocenters. The number of methoxy groups -OCH3 is 1. The number of nitrogens with two attached hydrogens (primary N) is 1. The van der Waals surface area contributed by atoms with Crippen molar-refractivity contribution in [3.8, 4) is 5.75 Å². The predicted octanol–water partition coefficient (Wildman–Crippen LogP) is 1.93. The fourth-order valence-corrected chi connectivity index (χ4v) is 3.69. The van der Waals surface area contributed by atoms with E-state index in [9.17, 15) is 13.2 Å². The van der Waals surface area contributed by atoms with Gasteiger partial charge in [0.1, 0.15) is 5.75 Å². The lowest BCUT2D eigenvalue weighted by atomic mass is 10.1. The number of likely N-dealkylation sites (tertiary alicyclic amines) is 1. The number of nitrogens with zero attached hydrogens (tertiary/aromatic N) is 2. The molecule has 1 aromatic rings. The molecule has 0 radical (unpaired) electrons. The summed E-state index contributed by atoms with van der Waals surface area (Å²) in [6, 6.07) is 4.39. The number of hydrogen-bond acceptors (Lipinski definition) is 5. The Kier molecular flexibility index (Phi) is 8.52. The van der Waals surface area contributed by atoms with Crippen LogP contribution in [0.3, 0.4) is 0 Å². The van der Waals surface area contributed by atoms with E-state index in [4.69, 9.17) is 9.88 Å². The third-order valence-electron chi connectivity index (χ3n) is 4.47. The van der Waals surface area contributed by atoms with Crippen molar-refractivity contribution < 1.29 is 17.9 Å². The second-order valence-corrected chi connectivity index (χ2v) is 7.58. The number of benzene rings is 1. The van der Waals surface area contributed by atoms with Gasteiger partial charge in [-0.25, -0.2) is 13.6 Å². The maximum absolute atomic E-state index is 12.8. The zero-order valence-electron chi connectivity index (χ0n) is 16.4. The number of likely N-dealkylation sites (N-methyl/N-ethyl adjacent to an activating group) is 2. The number of ether oxygens (including phenoxy) is 1. The Morgan fingerprint density at radius 3 is 2.58 bits per heavy atom. The summed E-state index contributed by atoms with van der Waals surface area (Å²) >= 11 is 0. The van der Waals surface area contributed by atoms with Crippen molar-refractivity contribution in [1.29, 1.82) is 0 Å². The molecule has 2 rings (SSSR count). The fourth-order valence-electron chi connectivity index (χ4n) is 3.15. The first-order valence-corrected chi connectivity index (χ1v) is 10.5. The summed E-state index contributed by atoms with van der Waals surface area (Å²) in [7, 11) is -0.716. The van der Waals surface area contributed by atoms with Crippen molar-refractivity contribution >= 4 is 15.9 Å². The van der Waals surface area contributed by atoms with Crippen LogP contribution >= 0.6 is 0 Å². The molecule has 1 amide bonds. The van der Waals surface area contributed by atoms with Gasteiger partial charge in [0.2, 0.25) is 10.0 Å². The van der Waals surface area contributed by atoms with Crippen molar-refractivity contribution in [2.75, 3.05) is 33.8 Å². The maximum atomic E-state index is 12.8. The topological polar surface area (TPSA) is 92.9 Å². The molecular formula is C18H31N3O4S. The SMILES string of the molecule is CC.CCN1CCCC1CN(C)C(=O)c1cc(S(N)(=O)=O)ccc1OC. The van der Waals surface area contributed by atoms with E-state index >= 15 is 0 Å². The van der Waals surface area contributed by atoms with E-state index in [0.717, 1.165) is 25.9 Å². The molecule has 8 heteroatoms. The van der Waals surface area contributed by atoms with E-state index in [1.54, 1.807) is 11.9 Å². The van der Waals surface area contributed by atoms with Crippen molar-refractivity contribution in [3.63, 3.8) is 0 Å². The number of carbonyl (C=O) groups excluding carboxylic acids is 1. The van der Waals surface area contributed by atoms with Crippen LogP contribution in [0.5, 0.6) is 5.75 Å². The zero-order chi connectivity index (χ0) is 19.9. The van der Waals surface area contributed by atoms with Gasteiger partial charge in [-0.1, -0.05) is 20.8 Å². The normalized spacial score (nSPS) is 17.4. The number of hydrogen-bond donors (Lipinski definition) is 1. The quantitative estimate of drug-likeness (QED) is 0.808. The second-order valence-electron chi connectivity index (χ2n) is 6.02. The Morgan fingerprint density at radius 1 is 1.38 bits per heavy atom. The minimum absolute atomic E-state index is 0.101. The Bertz CT molecular complexity index is 706. The molecule has 1 aliphatic rings. The summed E-state index contributed by atoms with van der Waals surface area (Å²) in [6.07, 6.45) is 2.19. The Morgan fingerprint density at radius 2 is 2.04 bits per heavy atom. The van der Waals surface area contributed by atoms with Crippen LogP contribution in [-0.2, 0) is 10.0 Å². The van der Waals surface area contributed by atoms with Crippen LogP contribution < -0.4 is 9.88 Å². The molecule has 1 aliphatic heterocycles. The lowest BCUT2D eigenvalue weighted by Gasteiger charge is -2.28. The Labute approximate surface area is 157 Å². The summed E-state index contributed by atoms with van der Waals surface area (Å²) in [5.74, 6) is 0.0540. The van der Waals surface area contributed by atoms with Crippen molar-refractivity contribution in [1.82, 2.24) is 9.80 Å². The Balaban J connectivity index is 0.00000163. The summed E-state index contributed by atoms with van der Waals surface area (Å²) in [4.78, 5) is 16.6. The minimum Gasteiger partial charge on any atom is -0.496 e. The van der Waals surface area contributed by atoms with Crippen molar-refractivity contribution in [2.24, 2.45) is 5.14 Å². The van der Waals surface area contributed by atoms with Gasteiger partial charge in [0.25, 0.3) is 5.91 Å². The molecule has 0 aromatic heterocycles. The standard InChI is InChI=1S/C16H25N3O4S.C2H6/c1-4-19-9-5-6-12(19)11-18(2)16(20)14-10-13(24(17,21)22)7-8-15(14)23-3;1-2/h7-8,10,12H,4-6,9,11H2,1-3H3,(H2,17,21,22);1-2H3. The molecule has 148 valence electrons. The van der Waals surface area contributed by atoms with Gasteiger partial charge in [-0.2, -0.15) is 0 Å². The summed E-state index contributed by atoms with van der Waals surface area (Å²) < 4.78 is 28.3. The van der Waals surface area contributed by atoms with Gasteiger partial charge in [-0.05, 0) is 44.1 Å². The highest BCUT2D eigenvalue weighted by Crippen LogP contribution is 2.24. The van der Waals surface area contributed by atoms with Gasteiger partial charge in [-0.15, -0.1) is 0 Å². The average Bonchev–Trinajstić information content (AvgIpc) is 3.08. The summed E-state index contributed by atoms with van der Waals surface area (Å²) in [6.45, 7) is 8.71. The van der Waals surface area contributed by atoms with Crippen LogP contribution in [0.25, 0.3) is 0 Å². The van der Waals surface area contributed by atoms with Crippen molar-refractivity contribution in [2.45, 2.75) is 44.6 Å². The third kappa shape index (κ3) is 5.43. The highest BCUT2D eigenvalue weighted by atomic mass is 32.2. The van der Waals surface area contributed by atoms with Gasteiger partial charge < -0.3 is 9.64 Å². The molecule has 7 nitrogen and oxygen atoms in total. The van der Waals surface area contributed by atoms with Gasteiger partial charge >= 0.3 is 0 Å². The van der Waals surface area contributed by atoms with Gasteiger partial charge in [0.05, 0.1) is 17.6 Å². The molecule has 1 aromatic carbocycles. The van der Waals surface area contributed by atoms with Gasteiger partial charge in [-0.3, -0.25) is 9.69 Å². The number of amides is 1. The van der Waals surface area contributed by atoms with Gasteiger partial charge in [0, 0.05) is 19.6 Å². The number of primary sulfonamides is 1. The van der Waals surface area contributed by atoms with Crippen LogP contribution in [0.15, 0.2) is 23.1 Å². The number of carbonyl (C=O) groups is 1. The van der Waals surface area contributed by atoms with E-state index in [2.05, 4.69) is 11.8 Å². The molecule has 0 saturated carbocycles. The molecule has 0 aliphatic carbocycles. The lowest BCUT2D eigenvalue weighted by molar-refractivity contribution is 0.0751. The average molecular weight is 386 g/mol. The van der Waals surface area contributed by atoms with Crippen LogP contribution in [0.1, 0.15) is 44.0 Å². The highest BCUT2D eigenvalue weighted by molar-refractivity contribution is 7.89. The molecule has 0 bridgehead atoms. The lowest BCUT2D eigenvalue weighted by Crippen LogP contribution is -2.41. The fraction of sp³-hybridized carbons (Fsp3) is 0.611. The first-order chi connectivity index (χ1) is 12.3. The molecule has 1 fully saturated rings. The smallest absolute Gasteiger partial charge is 0.257 e. The molecule has 1 heterocycles. The predicted molar refractivity (Wildman–Crippen MR) is 103 cm³/mol. The summed E-state index contributed by atoms with van der Waals surface area (Å²) in [5, 5.41) is 5.16. The van der Waals surface area contributed by atoms with E-state index in [1.807, 2.05) is 13.8 Å². The monoisotopic (exact) mass is 385 g/mol. The van der Waals surface area contributed by atoms with Crippen LogP contribution in [-0.4, -0.2) is 64.0 Å². The third-order valence-corrected chi connectivity index (χ3v) is 5.38. The second kappa shape index (κ2) is 9.89. The van der Waals surface area contributed by atoms with Crippen molar-refractivity contribution in [3.05, 3.63) is 23.8 Å². The molecule has 1 saturated heterocycles. The van der Waals surface area contributed by atoms with E-state index < -0.39 is 10.0 Å². The molecular weight excluding hydrogens is 354 g/mol. The van der Waals surface area contributed by atoms with E-state index in [1.165, 1.54) is 25.3 Å². The van der Waals surface area contributed by atoms with E-state index in [0.29, 0.717) is 18.3 Å². The molecule has 2 N–H and O–H groups in total. The molecule has 1 unspecified atom stereocenters. The molecule has 26 heavy (non-hydrogen) atoms. The summed E-state index contributed by atoms with van der Waals surface area (Å²) in [5.41, 5.74) is 0.201. The maximum Gasteiger partial charge on any atom is 0.257 e.